The van der Waals surface area contributed by atoms with Gasteiger partial charge in [-0.05, 0) is 42.8 Å². The Morgan fingerprint density at radius 3 is 2.33 bits per heavy atom. The molecule has 0 aromatic heterocycles. The average molecular weight is 326 g/mol. The molecule has 0 radical (unpaired) electrons. The van der Waals surface area contributed by atoms with Crippen LogP contribution in [-0.4, -0.2) is 18.9 Å². The number of benzene rings is 2. The molecule has 1 atom stereocenters. The van der Waals surface area contributed by atoms with Gasteiger partial charge in [-0.25, -0.2) is 0 Å². The van der Waals surface area contributed by atoms with Crippen molar-refractivity contribution in [1.82, 2.24) is 0 Å². The van der Waals surface area contributed by atoms with Crippen LogP contribution < -0.4 is 15.4 Å². The molecule has 0 aliphatic heterocycles. The molecule has 0 aliphatic carbocycles. The lowest BCUT2D eigenvalue weighted by Crippen LogP contribution is -2.19. The number of para-hydroxylation sites is 2. The number of anilines is 2. The third-order valence-corrected chi connectivity index (χ3v) is 3.83. The van der Waals surface area contributed by atoms with Gasteiger partial charge in [0.2, 0.25) is 5.91 Å². The first-order valence-electron chi connectivity index (χ1n) is 7.90. The van der Waals surface area contributed by atoms with E-state index < -0.39 is 0 Å². The molecule has 0 heterocycles. The zero-order chi connectivity index (χ0) is 17.5. The molecular formula is C19H22N2O3. The predicted molar refractivity (Wildman–Crippen MR) is 95.5 cm³/mol. The van der Waals surface area contributed by atoms with Crippen molar-refractivity contribution < 1.29 is 14.3 Å². The Kier molecular flexibility index (Phi) is 5.95. The van der Waals surface area contributed by atoms with Gasteiger partial charge in [0.1, 0.15) is 5.75 Å². The molecule has 2 rings (SSSR count). The first-order valence-corrected chi connectivity index (χ1v) is 7.90. The smallest absolute Gasteiger partial charge is 0.255 e. The van der Waals surface area contributed by atoms with Crippen molar-refractivity contribution in [2.24, 2.45) is 5.92 Å². The maximum Gasteiger partial charge on any atom is 0.255 e. The molecule has 1 unspecified atom stereocenters. The Morgan fingerprint density at radius 1 is 1.04 bits per heavy atom. The lowest BCUT2D eigenvalue weighted by Gasteiger charge is -2.11. The molecule has 0 aliphatic rings. The van der Waals surface area contributed by atoms with Gasteiger partial charge in [0.15, 0.2) is 0 Å². The summed E-state index contributed by atoms with van der Waals surface area (Å²) in [5, 5.41) is 5.65. The van der Waals surface area contributed by atoms with Crippen molar-refractivity contribution in [2.45, 2.75) is 20.3 Å². The topological polar surface area (TPSA) is 67.4 Å². The second kappa shape index (κ2) is 8.15. The fourth-order valence-corrected chi connectivity index (χ4v) is 2.10. The Morgan fingerprint density at radius 2 is 1.71 bits per heavy atom. The normalized spacial score (nSPS) is 11.5. The maximum absolute atomic E-state index is 12.3. The monoisotopic (exact) mass is 326 g/mol. The van der Waals surface area contributed by atoms with Crippen LogP contribution in [0.1, 0.15) is 30.6 Å². The summed E-state index contributed by atoms with van der Waals surface area (Å²) in [4.78, 5) is 24.2. The van der Waals surface area contributed by atoms with Gasteiger partial charge in [-0.1, -0.05) is 26.0 Å². The molecule has 2 amide bonds. The van der Waals surface area contributed by atoms with Crippen LogP contribution in [0.2, 0.25) is 0 Å². The molecule has 0 spiro atoms. The van der Waals surface area contributed by atoms with Gasteiger partial charge in [-0.15, -0.1) is 0 Å². The van der Waals surface area contributed by atoms with Crippen molar-refractivity contribution >= 4 is 23.2 Å². The molecule has 24 heavy (non-hydrogen) atoms. The lowest BCUT2D eigenvalue weighted by atomic mass is 10.1. The summed E-state index contributed by atoms with van der Waals surface area (Å²) in [6, 6.07) is 14.0. The highest BCUT2D eigenvalue weighted by atomic mass is 16.5. The molecular weight excluding hydrogens is 304 g/mol. The van der Waals surface area contributed by atoms with E-state index in [-0.39, 0.29) is 17.7 Å². The summed E-state index contributed by atoms with van der Waals surface area (Å²) in [6.07, 6.45) is 0.783. The zero-order valence-corrected chi connectivity index (χ0v) is 14.1. The van der Waals surface area contributed by atoms with Crippen LogP contribution in [0, 0.1) is 5.92 Å². The summed E-state index contributed by atoms with van der Waals surface area (Å²) >= 11 is 0. The number of hydrogen-bond donors (Lipinski definition) is 2. The Bertz CT molecular complexity index is 711. The molecule has 5 nitrogen and oxygen atoms in total. The number of hydrogen-bond acceptors (Lipinski definition) is 3. The molecule has 0 saturated heterocycles. The number of carbonyl (C=O) groups is 2. The predicted octanol–water partition coefficient (Wildman–Crippen LogP) is 3.93. The van der Waals surface area contributed by atoms with Crippen molar-refractivity contribution in [3.05, 3.63) is 54.1 Å². The second-order valence-corrected chi connectivity index (χ2v) is 5.53. The number of ether oxygens (including phenoxy) is 1. The third-order valence-electron chi connectivity index (χ3n) is 3.83. The number of nitrogens with one attached hydrogen (secondary N) is 2. The average Bonchev–Trinajstić information content (AvgIpc) is 2.61. The largest absolute Gasteiger partial charge is 0.495 e. The van der Waals surface area contributed by atoms with Gasteiger partial charge in [0, 0.05) is 17.2 Å². The Hall–Kier alpha value is -2.82. The first-order chi connectivity index (χ1) is 11.5. The lowest BCUT2D eigenvalue weighted by molar-refractivity contribution is -0.119. The third kappa shape index (κ3) is 4.35. The molecule has 0 bridgehead atoms. The van der Waals surface area contributed by atoms with Crippen LogP contribution in [0.4, 0.5) is 11.4 Å². The minimum Gasteiger partial charge on any atom is -0.495 e. The van der Waals surface area contributed by atoms with Crippen LogP contribution in [0.5, 0.6) is 5.75 Å². The number of rotatable bonds is 6. The van der Waals surface area contributed by atoms with Gasteiger partial charge in [0.05, 0.1) is 12.8 Å². The van der Waals surface area contributed by atoms with Gasteiger partial charge in [0.25, 0.3) is 5.91 Å². The Balaban J connectivity index is 2.05. The summed E-state index contributed by atoms with van der Waals surface area (Å²) in [6.45, 7) is 3.85. The molecule has 2 N–H and O–H groups in total. The van der Waals surface area contributed by atoms with Crippen LogP contribution in [0.25, 0.3) is 0 Å². The number of carbonyl (C=O) groups excluding carboxylic acids is 2. The standard InChI is InChI=1S/C19H22N2O3/c1-4-13(2)18(22)20-15-11-9-14(10-12-15)19(23)21-16-7-5-6-8-17(16)24-3/h5-13H,4H2,1-3H3,(H,20,22)(H,21,23). The fraction of sp³-hybridized carbons (Fsp3) is 0.263. The maximum atomic E-state index is 12.3. The highest BCUT2D eigenvalue weighted by Crippen LogP contribution is 2.24. The quantitative estimate of drug-likeness (QED) is 0.845. The van der Waals surface area contributed by atoms with Crippen LogP contribution >= 0.6 is 0 Å². The van der Waals surface area contributed by atoms with E-state index in [1.807, 2.05) is 26.0 Å². The summed E-state index contributed by atoms with van der Waals surface area (Å²) in [7, 11) is 1.56. The fourth-order valence-electron chi connectivity index (χ4n) is 2.10. The highest BCUT2D eigenvalue weighted by Gasteiger charge is 2.12. The van der Waals surface area contributed by atoms with E-state index in [1.54, 1.807) is 43.5 Å². The van der Waals surface area contributed by atoms with Crippen molar-refractivity contribution in [1.29, 1.82) is 0 Å². The minimum atomic E-state index is -0.237. The summed E-state index contributed by atoms with van der Waals surface area (Å²) in [5.74, 6) is 0.296. The van der Waals surface area contributed by atoms with Gasteiger partial charge in [-0.2, -0.15) is 0 Å². The molecule has 5 heteroatoms. The van der Waals surface area contributed by atoms with E-state index in [0.717, 1.165) is 6.42 Å². The summed E-state index contributed by atoms with van der Waals surface area (Å²) in [5.41, 5.74) is 1.79. The molecule has 126 valence electrons. The van der Waals surface area contributed by atoms with Crippen molar-refractivity contribution in [3.63, 3.8) is 0 Å². The molecule has 0 saturated carbocycles. The van der Waals surface area contributed by atoms with Gasteiger partial charge in [-0.3, -0.25) is 9.59 Å². The van der Waals surface area contributed by atoms with Crippen LogP contribution in [0.3, 0.4) is 0 Å². The first kappa shape index (κ1) is 17.5. The van der Waals surface area contributed by atoms with Crippen molar-refractivity contribution in [2.75, 3.05) is 17.7 Å². The van der Waals surface area contributed by atoms with E-state index in [0.29, 0.717) is 22.7 Å². The van der Waals surface area contributed by atoms with E-state index in [9.17, 15) is 9.59 Å². The van der Waals surface area contributed by atoms with E-state index in [1.165, 1.54) is 0 Å². The summed E-state index contributed by atoms with van der Waals surface area (Å²) < 4.78 is 5.22. The number of methoxy groups -OCH3 is 1. The highest BCUT2D eigenvalue weighted by molar-refractivity contribution is 6.05. The minimum absolute atomic E-state index is 0.0243. The van der Waals surface area contributed by atoms with Gasteiger partial charge >= 0.3 is 0 Å². The molecule has 2 aromatic carbocycles. The zero-order valence-electron chi connectivity index (χ0n) is 14.1. The van der Waals surface area contributed by atoms with E-state index in [4.69, 9.17) is 4.74 Å². The van der Waals surface area contributed by atoms with Crippen LogP contribution in [0.15, 0.2) is 48.5 Å². The van der Waals surface area contributed by atoms with E-state index >= 15 is 0 Å². The van der Waals surface area contributed by atoms with Crippen LogP contribution in [-0.2, 0) is 4.79 Å². The van der Waals surface area contributed by atoms with Gasteiger partial charge < -0.3 is 15.4 Å². The molecule has 2 aromatic rings. The molecule has 0 fully saturated rings. The Labute approximate surface area is 142 Å². The van der Waals surface area contributed by atoms with Crippen molar-refractivity contribution in [3.8, 4) is 5.75 Å². The second-order valence-electron chi connectivity index (χ2n) is 5.53. The number of amides is 2. The van der Waals surface area contributed by atoms with E-state index in [2.05, 4.69) is 10.6 Å². The SMILES string of the molecule is CCC(C)C(=O)Nc1ccc(C(=O)Nc2ccccc2OC)cc1.